The molecule has 0 amide bonds. The summed E-state index contributed by atoms with van der Waals surface area (Å²) in [6.45, 7) is 6.99. The molecule has 1 rings (SSSR count). The Morgan fingerprint density at radius 2 is 1.07 bits per heavy atom. The first-order valence-corrected chi connectivity index (χ1v) is 8.44. The molecule has 1 saturated heterocycles. The zero-order valence-electron chi connectivity index (χ0n) is 16.5. The normalized spacial score (nSPS) is 27.7. The Bertz CT molecular complexity index is 629. The average Bonchev–Trinajstić information content (AvgIpc) is 2.50. The molecule has 158 valence electrons. The molecule has 0 bridgehead atoms. The van der Waals surface area contributed by atoms with Crippen molar-refractivity contribution >= 4 is 29.8 Å². The van der Waals surface area contributed by atoms with E-state index >= 15 is 0 Å². The largest absolute Gasteiger partial charge is 0.460 e. The van der Waals surface area contributed by atoms with Crippen LogP contribution in [0.3, 0.4) is 0 Å². The molecule has 11 heteroatoms. The van der Waals surface area contributed by atoms with Gasteiger partial charge in [-0.3, -0.25) is 24.0 Å². The van der Waals surface area contributed by atoms with E-state index in [0.29, 0.717) is 0 Å². The first-order chi connectivity index (χ1) is 12.9. The molecule has 0 saturated carbocycles. The number of hydrogen-bond donors (Lipinski definition) is 0. The van der Waals surface area contributed by atoms with Crippen molar-refractivity contribution in [2.45, 2.75) is 78.4 Å². The third kappa shape index (κ3) is 6.80. The molecule has 1 aliphatic heterocycles. The summed E-state index contributed by atoms with van der Waals surface area (Å²) < 4.78 is 31.3. The van der Waals surface area contributed by atoms with Crippen LogP contribution < -0.4 is 0 Å². The van der Waals surface area contributed by atoms with Crippen molar-refractivity contribution in [1.29, 1.82) is 0 Å². The summed E-state index contributed by atoms with van der Waals surface area (Å²) in [6.07, 6.45) is -7.79. The molecular weight excluding hydrogens is 380 g/mol. The van der Waals surface area contributed by atoms with E-state index in [2.05, 4.69) is 0 Å². The fraction of sp³-hybridized carbons (Fsp3) is 0.706. The van der Waals surface area contributed by atoms with Gasteiger partial charge in [0.05, 0.1) is 0 Å². The third-order valence-corrected chi connectivity index (χ3v) is 3.53. The van der Waals surface area contributed by atoms with Crippen LogP contribution >= 0.6 is 0 Å². The van der Waals surface area contributed by atoms with Crippen LogP contribution in [0.2, 0.25) is 0 Å². The van der Waals surface area contributed by atoms with Crippen molar-refractivity contribution in [2.24, 2.45) is 0 Å². The zero-order valence-corrected chi connectivity index (χ0v) is 16.5. The molecule has 1 heterocycles. The summed E-state index contributed by atoms with van der Waals surface area (Å²) >= 11 is 0. The molecule has 1 fully saturated rings. The Morgan fingerprint density at radius 3 is 1.50 bits per heavy atom. The Morgan fingerprint density at radius 1 is 0.643 bits per heavy atom. The van der Waals surface area contributed by atoms with E-state index in [9.17, 15) is 24.0 Å². The minimum atomic E-state index is -1.50. The van der Waals surface area contributed by atoms with Crippen LogP contribution in [-0.4, -0.2) is 66.7 Å². The average molecular weight is 404 g/mol. The molecule has 1 unspecified atom stereocenters. The van der Waals surface area contributed by atoms with E-state index in [4.69, 9.17) is 28.4 Å². The molecule has 1 aliphatic rings. The Labute approximate surface area is 161 Å². The zero-order chi connectivity index (χ0) is 21.6. The van der Waals surface area contributed by atoms with Gasteiger partial charge in [0.2, 0.25) is 12.4 Å². The number of hydrogen-bond acceptors (Lipinski definition) is 11. The van der Waals surface area contributed by atoms with Crippen molar-refractivity contribution < 1.29 is 52.4 Å². The second kappa shape index (κ2) is 10.0. The molecule has 28 heavy (non-hydrogen) atoms. The molecule has 0 N–H and O–H groups in total. The molecule has 0 spiro atoms. The van der Waals surface area contributed by atoms with Gasteiger partial charge in [0.15, 0.2) is 12.2 Å². The molecule has 0 aromatic carbocycles. The Balaban J connectivity index is 3.39. The van der Waals surface area contributed by atoms with Crippen molar-refractivity contribution in [3.8, 4) is 0 Å². The van der Waals surface area contributed by atoms with Crippen LogP contribution in [0, 0.1) is 0 Å². The molecule has 0 aliphatic carbocycles. The van der Waals surface area contributed by atoms with Gasteiger partial charge in [-0.25, -0.2) is 0 Å². The lowest BCUT2D eigenvalue weighted by atomic mass is 9.95. The van der Waals surface area contributed by atoms with Gasteiger partial charge in [0.1, 0.15) is 12.2 Å². The summed E-state index contributed by atoms with van der Waals surface area (Å²) in [5, 5.41) is 0. The number of carbonyl (C=O) groups is 5. The first-order valence-electron chi connectivity index (χ1n) is 8.44. The van der Waals surface area contributed by atoms with Crippen molar-refractivity contribution in [3.63, 3.8) is 0 Å². The van der Waals surface area contributed by atoms with Crippen LogP contribution in [0.4, 0.5) is 0 Å². The van der Waals surface area contributed by atoms with E-state index in [-0.39, 0.29) is 0 Å². The fourth-order valence-corrected chi connectivity index (χ4v) is 2.77. The molecule has 0 radical (unpaired) electrons. The predicted molar refractivity (Wildman–Crippen MR) is 88.3 cm³/mol. The van der Waals surface area contributed by atoms with E-state index < -0.39 is 66.7 Å². The summed E-state index contributed by atoms with van der Waals surface area (Å²) in [5.41, 5.74) is 0. The molecular formula is C17H24O11. The highest BCUT2D eigenvalue weighted by Crippen LogP contribution is 2.31. The lowest BCUT2D eigenvalue weighted by Crippen LogP contribution is -2.64. The maximum absolute atomic E-state index is 11.6. The fourth-order valence-electron chi connectivity index (χ4n) is 2.77. The van der Waals surface area contributed by atoms with Gasteiger partial charge in [-0.05, 0) is 6.92 Å². The van der Waals surface area contributed by atoms with E-state index in [0.717, 1.165) is 34.6 Å². The van der Waals surface area contributed by atoms with Gasteiger partial charge < -0.3 is 28.4 Å². The predicted octanol–water partition coefficient (Wildman–Crippen LogP) is 0.0211. The molecule has 6 atom stereocenters. The summed E-state index contributed by atoms with van der Waals surface area (Å²) in [6, 6.07) is 0. The number of esters is 5. The minimum Gasteiger partial charge on any atom is -0.460 e. The van der Waals surface area contributed by atoms with Crippen LogP contribution in [0.25, 0.3) is 0 Å². The maximum Gasteiger partial charge on any atom is 0.305 e. The van der Waals surface area contributed by atoms with Gasteiger partial charge in [-0.15, -0.1) is 0 Å². The molecule has 0 aromatic rings. The number of ether oxygens (including phenoxy) is 6. The van der Waals surface area contributed by atoms with E-state index in [1.165, 1.54) is 6.92 Å². The number of carbonyl (C=O) groups excluding carboxylic acids is 5. The Hall–Kier alpha value is -2.69. The van der Waals surface area contributed by atoms with Gasteiger partial charge in [0, 0.05) is 34.6 Å². The van der Waals surface area contributed by atoms with Crippen molar-refractivity contribution in [1.82, 2.24) is 0 Å². The van der Waals surface area contributed by atoms with Gasteiger partial charge in [-0.2, -0.15) is 0 Å². The van der Waals surface area contributed by atoms with Crippen LogP contribution in [0.1, 0.15) is 41.5 Å². The molecule has 0 aromatic heterocycles. The SMILES string of the molecule is CC(=O)OC1O[C@@H]([C@@H](C)OC(C)=O)[C@@H](OC(C)=O)[C@@H](OC(C)=O)[C@@H]1OC(C)=O. The monoisotopic (exact) mass is 404 g/mol. The summed E-state index contributed by atoms with van der Waals surface area (Å²) in [4.78, 5) is 57.5. The highest BCUT2D eigenvalue weighted by Gasteiger charge is 2.55. The lowest BCUT2D eigenvalue weighted by molar-refractivity contribution is -0.307. The maximum atomic E-state index is 11.6. The van der Waals surface area contributed by atoms with Crippen LogP contribution in [0.15, 0.2) is 0 Å². The van der Waals surface area contributed by atoms with Gasteiger partial charge in [0.25, 0.3) is 0 Å². The highest BCUT2D eigenvalue weighted by molar-refractivity contribution is 5.69. The third-order valence-electron chi connectivity index (χ3n) is 3.53. The lowest BCUT2D eigenvalue weighted by Gasteiger charge is -2.45. The van der Waals surface area contributed by atoms with E-state index in [1.54, 1.807) is 0 Å². The standard InChI is InChI=1S/C17H24O11/c1-7(23-8(2)18)13-14(24-9(3)19)15(25-10(4)20)16(26-11(5)21)17(28-13)27-12(6)22/h7,13-17H,1-6H3/t7-,13+,14-,15-,16+,17?/m1/s1. The smallest absolute Gasteiger partial charge is 0.305 e. The number of rotatable bonds is 6. The topological polar surface area (TPSA) is 141 Å². The Kier molecular flexibility index (Phi) is 8.35. The van der Waals surface area contributed by atoms with Crippen molar-refractivity contribution in [2.75, 3.05) is 0 Å². The van der Waals surface area contributed by atoms with Crippen LogP contribution in [-0.2, 0) is 52.4 Å². The van der Waals surface area contributed by atoms with Crippen molar-refractivity contribution in [3.05, 3.63) is 0 Å². The van der Waals surface area contributed by atoms with Gasteiger partial charge >= 0.3 is 29.8 Å². The minimum absolute atomic E-state index is 0.646. The highest BCUT2D eigenvalue weighted by atomic mass is 16.7. The first kappa shape index (κ1) is 23.3. The molecule has 11 nitrogen and oxygen atoms in total. The second-order valence-corrected chi connectivity index (χ2v) is 6.12. The second-order valence-electron chi connectivity index (χ2n) is 6.12. The van der Waals surface area contributed by atoms with Crippen LogP contribution in [0.5, 0.6) is 0 Å². The van der Waals surface area contributed by atoms with E-state index in [1.807, 2.05) is 0 Å². The van der Waals surface area contributed by atoms with Gasteiger partial charge in [-0.1, -0.05) is 0 Å². The quantitative estimate of drug-likeness (QED) is 0.437. The summed E-state index contributed by atoms with van der Waals surface area (Å²) in [5.74, 6) is -3.72. The summed E-state index contributed by atoms with van der Waals surface area (Å²) in [7, 11) is 0.